The van der Waals surface area contributed by atoms with Crippen LogP contribution in [0.2, 0.25) is 0 Å². The monoisotopic (exact) mass is 326 g/mol. The van der Waals surface area contributed by atoms with Crippen molar-refractivity contribution in [2.45, 2.75) is 32.6 Å². The zero-order valence-corrected chi connectivity index (χ0v) is 13.8. The van der Waals surface area contributed by atoms with Gasteiger partial charge in [-0.3, -0.25) is 0 Å². The molecule has 0 bridgehead atoms. The van der Waals surface area contributed by atoms with Gasteiger partial charge in [0.25, 0.3) is 0 Å². The van der Waals surface area contributed by atoms with Crippen LogP contribution in [0.4, 0.5) is 0 Å². The molecule has 0 aliphatic heterocycles. The van der Waals surface area contributed by atoms with Gasteiger partial charge in [-0.15, -0.1) is 0 Å². The maximum atomic E-state index is 3.68. The number of rotatable bonds is 1. The highest BCUT2D eigenvalue weighted by molar-refractivity contribution is 9.10. The third-order valence-corrected chi connectivity index (χ3v) is 5.07. The third-order valence-electron chi connectivity index (χ3n) is 4.22. The minimum atomic E-state index is 0.207. The second-order valence-corrected chi connectivity index (χ2v) is 7.07. The Hall–Kier alpha value is -1.34. The topological polar surface area (TPSA) is 0 Å². The number of fused-ring (bicyclic) bond motifs is 1. The van der Waals surface area contributed by atoms with Gasteiger partial charge in [-0.2, -0.15) is 0 Å². The minimum absolute atomic E-state index is 0.207. The predicted octanol–water partition coefficient (Wildman–Crippen LogP) is 5.87. The van der Waals surface area contributed by atoms with Gasteiger partial charge in [-0.05, 0) is 52.7 Å². The van der Waals surface area contributed by atoms with Crippen molar-refractivity contribution >= 4 is 21.5 Å². The molecule has 0 atom stereocenters. The van der Waals surface area contributed by atoms with E-state index < -0.39 is 0 Å². The fourth-order valence-electron chi connectivity index (χ4n) is 2.93. The smallest absolute Gasteiger partial charge is 0.0210 e. The van der Waals surface area contributed by atoms with Crippen LogP contribution in [0.25, 0.3) is 5.57 Å². The number of halogens is 1. The number of hydrogen-bond acceptors (Lipinski definition) is 0. The Balaban J connectivity index is 2.23. The first-order chi connectivity index (χ1) is 9.49. The number of allylic oxidation sites excluding steroid dienone is 1. The van der Waals surface area contributed by atoms with Gasteiger partial charge in [0.2, 0.25) is 0 Å². The molecule has 3 rings (SSSR count). The molecule has 102 valence electrons. The molecular formula is C19H19Br. The maximum absolute atomic E-state index is 3.68. The highest BCUT2D eigenvalue weighted by Crippen LogP contribution is 2.43. The van der Waals surface area contributed by atoms with E-state index in [-0.39, 0.29) is 5.41 Å². The molecule has 2 aromatic carbocycles. The van der Waals surface area contributed by atoms with Gasteiger partial charge in [0, 0.05) is 4.47 Å². The van der Waals surface area contributed by atoms with Crippen LogP contribution < -0.4 is 0 Å². The molecule has 0 amide bonds. The van der Waals surface area contributed by atoms with E-state index >= 15 is 0 Å². The van der Waals surface area contributed by atoms with Crippen molar-refractivity contribution in [3.8, 4) is 0 Å². The summed E-state index contributed by atoms with van der Waals surface area (Å²) in [4.78, 5) is 0. The molecule has 0 heterocycles. The first kappa shape index (κ1) is 13.6. The summed E-state index contributed by atoms with van der Waals surface area (Å²) in [5.74, 6) is 0. The van der Waals surface area contributed by atoms with Crippen LogP contribution >= 0.6 is 15.9 Å². The Bertz CT molecular complexity index is 678. The molecule has 1 aliphatic carbocycles. The third kappa shape index (κ3) is 2.25. The fraction of sp³-hybridized carbons (Fsp3) is 0.263. The molecule has 0 N–H and O–H groups in total. The molecule has 0 nitrogen and oxygen atoms in total. The average molecular weight is 327 g/mol. The van der Waals surface area contributed by atoms with Crippen molar-refractivity contribution in [2.75, 3.05) is 0 Å². The second kappa shape index (κ2) is 4.89. The van der Waals surface area contributed by atoms with Crippen molar-refractivity contribution in [2.24, 2.45) is 0 Å². The summed E-state index contributed by atoms with van der Waals surface area (Å²) in [6, 6.07) is 15.3. The quantitative estimate of drug-likeness (QED) is 0.614. The Kier molecular flexibility index (Phi) is 3.33. The highest BCUT2D eigenvalue weighted by Gasteiger charge is 2.29. The predicted molar refractivity (Wildman–Crippen MR) is 90.0 cm³/mol. The van der Waals surface area contributed by atoms with E-state index in [9.17, 15) is 0 Å². The van der Waals surface area contributed by atoms with Gasteiger partial charge in [0.05, 0.1) is 0 Å². The highest BCUT2D eigenvalue weighted by atomic mass is 79.9. The van der Waals surface area contributed by atoms with Gasteiger partial charge in [-0.1, -0.05) is 72.3 Å². The molecule has 0 saturated heterocycles. The molecule has 20 heavy (non-hydrogen) atoms. The van der Waals surface area contributed by atoms with Gasteiger partial charge in [0.1, 0.15) is 0 Å². The Labute approximate surface area is 129 Å². The SMILES string of the molecule is Cc1cc2c(cc1Br)C(c1ccccc1)=CCC2(C)C. The van der Waals surface area contributed by atoms with E-state index in [1.165, 1.54) is 32.3 Å². The summed E-state index contributed by atoms with van der Waals surface area (Å²) in [6.07, 6.45) is 3.48. The molecule has 0 unspecified atom stereocenters. The van der Waals surface area contributed by atoms with Crippen LogP contribution in [0.3, 0.4) is 0 Å². The van der Waals surface area contributed by atoms with Crippen LogP contribution in [0.1, 0.15) is 42.5 Å². The summed E-state index contributed by atoms with van der Waals surface area (Å²) in [5, 5.41) is 0. The normalized spacial score (nSPS) is 16.5. The summed E-state index contributed by atoms with van der Waals surface area (Å²) < 4.78 is 1.19. The van der Waals surface area contributed by atoms with Crippen molar-refractivity contribution in [1.29, 1.82) is 0 Å². The first-order valence-corrected chi connectivity index (χ1v) is 7.85. The zero-order chi connectivity index (χ0) is 14.3. The second-order valence-electron chi connectivity index (χ2n) is 6.22. The first-order valence-electron chi connectivity index (χ1n) is 7.05. The van der Waals surface area contributed by atoms with Gasteiger partial charge in [-0.25, -0.2) is 0 Å². The van der Waals surface area contributed by atoms with Gasteiger partial charge < -0.3 is 0 Å². The molecular weight excluding hydrogens is 308 g/mol. The molecule has 1 heteroatoms. The molecule has 0 fully saturated rings. The zero-order valence-electron chi connectivity index (χ0n) is 12.2. The lowest BCUT2D eigenvalue weighted by atomic mass is 9.72. The summed E-state index contributed by atoms with van der Waals surface area (Å²) in [7, 11) is 0. The van der Waals surface area contributed by atoms with E-state index in [4.69, 9.17) is 0 Å². The summed E-state index contributed by atoms with van der Waals surface area (Å²) >= 11 is 3.68. The van der Waals surface area contributed by atoms with Crippen LogP contribution in [0, 0.1) is 6.92 Å². The van der Waals surface area contributed by atoms with Gasteiger partial charge >= 0.3 is 0 Å². The van der Waals surface area contributed by atoms with Crippen LogP contribution in [0.15, 0.2) is 53.0 Å². The Morgan fingerprint density at radius 1 is 1.05 bits per heavy atom. The van der Waals surface area contributed by atoms with Crippen molar-refractivity contribution < 1.29 is 0 Å². The molecule has 0 saturated carbocycles. The van der Waals surface area contributed by atoms with E-state index in [0.717, 1.165) is 6.42 Å². The lowest BCUT2D eigenvalue weighted by Gasteiger charge is -2.33. The lowest BCUT2D eigenvalue weighted by Crippen LogP contribution is -2.22. The fourth-order valence-corrected chi connectivity index (χ4v) is 3.28. The molecule has 1 aliphatic rings. The van der Waals surface area contributed by atoms with Crippen molar-refractivity contribution in [1.82, 2.24) is 0 Å². The van der Waals surface area contributed by atoms with E-state index in [1.807, 2.05) is 0 Å². The number of benzene rings is 2. The van der Waals surface area contributed by atoms with E-state index in [0.29, 0.717) is 0 Å². The average Bonchev–Trinajstić information content (AvgIpc) is 2.42. The number of hydrogen-bond donors (Lipinski definition) is 0. The van der Waals surface area contributed by atoms with Crippen LogP contribution in [-0.2, 0) is 5.41 Å². The van der Waals surface area contributed by atoms with Crippen LogP contribution in [-0.4, -0.2) is 0 Å². The molecule has 0 spiro atoms. The minimum Gasteiger partial charge on any atom is -0.0752 e. The Morgan fingerprint density at radius 3 is 2.45 bits per heavy atom. The van der Waals surface area contributed by atoms with Gasteiger partial charge in [0.15, 0.2) is 0 Å². The van der Waals surface area contributed by atoms with Crippen molar-refractivity contribution in [3.63, 3.8) is 0 Å². The van der Waals surface area contributed by atoms with E-state index in [1.54, 1.807) is 0 Å². The van der Waals surface area contributed by atoms with E-state index in [2.05, 4.69) is 85.2 Å². The standard InChI is InChI=1S/C19H19Br/c1-13-11-17-16(12-18(13)20)15(9-10-19(17,2)3)14-7-5-4-6-8-14/h4-9,11-12H,10H2,1-3H3. The van der Waals surface area contributed by atoms with Crippen molar-refractivity contribution in [3.05, 3.63) is 75.3 Å². The summed E-state index contributed by atoms with van der Waals surface area (Å²) in [6.45, 7) is 6.83. The largest absolute Gasteiger partial charge is 0.0752 e. The maximum Gasteiger partial charge on any atom is 0.0210 e. The Morgan fingerprint density at radius 2 is 1.75 bits per heavy atom. The molecule has 0 aromatic heterocycles. The molecule has 0 radical (unpaired) electrons. The summed E-state index contributed by atoms with van der Waals surface area (Å²) in [5.41, 5.74) is 7.01. The lowest BCUT2D eigenvalue weighted by molar-refractivity contribution is 0.527. The molecule has 2 aromatic rings. The number of aryl methyl sites for hydroxylation is 1. The van der Waals surface area contributed by atoms with Crippen LogP contribution in [0.5, 0.6) is 0 Å².